The Labute approximate surface area is 285 Å². The number of ether oxygens (including phenoxy) is 6. The predicted molar refractivity (Wildman–Crippen MR) is 168 cm³/mol. The van der Waals surface area contributed by atoms with Crippen LogP contribution in [0.25, 0.3) is 0 Å². The fourth-order valence-corrected chi connectivity index (χ4v) is 2.09. The van der Waals surface area contributed by atoms with Gasteiger partial charge in [-0.15, -0.1) is 0 Å². The molecule has 16 heteroatoms. The van der Waals surface area contributed by atoms with Gasteiger partial charge >= 0.3 is 47.8 Å². The molecule has 50 heavy (non-hydrogen) atoms. The largest absolute Gasteiger partial charge is 0.472 e. The average molecular weight is 693 g/mol. The van der Waals surface area contributed by atoms with Gasteiger partial charge in [-0.05, 0) is 38.1 Å². The van der Waals surface area contributed by atoms with Crippen LogP contribution in [-0.4, -0.2) is 85.4 Å². The van der Waals surface area contributed by atoms with Gasteiger partial charge in [0, 0.05) is 47.4 Å². The van der Waals surface area contributed by atoms with Crippen molar-refractivity contribution >= 4 is 47.8 Å². The third-order valence-electron chi connectivity index (χ3n) is 3.91. The normalized spacial score (nSPS) is 7.92. The molecule has 16 nitrogen and oxygen atoms in total. The fraction of sp³-hybridized carbons (Fsp3) is 0.176. The van der Waals surface area contributed by atoms with E-state index < -0.39 is 47.8 Å². The third-order valence-corrected chi connectivity index (χ3v) is 3.91. The Kier molecular flexibility index (Phi) is 25.7. The van der Waals surface area contributed by atoms with Crippen molar-refractivity contribution < 1.29 is 77.0 Å². The summed E-state index contributed by atoms with van der Waals surface area (Å²) >= 11 is 0. The highest BCUT2D eigenvalue weighted by Gasteiger charge is 2.03. The number of carbonyl (C=O) groups is 8. The summed E-state index contributed by atoms with van der Waals surface area (Å²) in [5.74, 6) is 7.98. The van der Waals surface area contributed by atoms with Gasteiger partial charge in [0.05, 0.1) is 27.4 Å². The zero-order valence-corrected chi connectivity index (χ0v) is 26.8. The van der Waals surface area contributed by atoms with E-state index in [9.17, 15) is 38.4 Å². The van der Waals surface area contributed by atoms with E-state index in [2.05, 4.69) is 30.8 Å². The Morgan fingerprint density at radius 1 is 0.460 bits per heavy atom. The SMILES string of the molecule is CCOC(=O)C#CC(=O)OCC.COC(=O)C#CC(=O)OC.O=C(C#CC(=O)Oc1ccccc1)Oc1ccccc1.O=C(O)C#CC(=O)O. The number of methoxy groups -OCH3 is 2. The van der Waals surface area contributed by atoms with Gasteiger partial charge in [-0.25, -0.2) is 38.4 Å². The second kappa shape index (κ2) is 28.9. The molecule has 0 unspecified atom stereocenters. The van der Waals surface area contributed by atoms with Crippen LogP contribution in [0, 0.1) is 47.4 Å². The first-order valence-corrected chi connectivity index (χ1v) is 13.3. The van der Waals surface area contributed by atoms with Crippen molar-refractivity contribution in [1.29, 1.82) is 0 Å². The zero-order chi connectivity index (χ0) is 38.2. The number of esters is 6. The number of carboxylic acid groups (broad SMARTS) is 2. The number of rotatable bonds is 4. The molecule has 0 atom stereocenters. The van der Waals surface area contributed by atoms with Crippen LogP contribution in [0.15, 0.2) is 60.7 Å². The van der Waals surface area contributed by atoms with Crippen LogP contribution in [-0.2, 0) is 57.3 Å². The van der Waals surface area contributed by atoms with E-state index in [1.807, 2.05) is 23.7 Å². The van der Waals surface area contributed by atoms with E-state index in [-0.39, 0.29) is 13.2 Å². The quantitative estimate of drug-likeness (QED) is 0.148. The molecule has 0 saturated heterocycles. The van der Waals surface area contributed by atoms with E-state index in [0.717, 1.165) is 0 Å². The Morgan fingerprint density at radius 2 is 0.740 bits per heavy atom. The molecular formula is C34H28O16. The first-order valence-electron chi connectivity index (χ1n) is 13.3. The van der Waals surface area contributed by atoms with E-state index in [1.54, 1.807) is 74.5 Å². The zero-order valence-electron chi connectivity index (χ0n) is 26.8. The van der Waals surface area contributed by atoms with Crippen LogP contribution >= 0.6 is 0 Å². The monoisotopic (exact) mass is 692 g/mol. The summed E-state index contributed by atoms with van der Waals surface area (Å²) in [4.78, 5) is 83.2. The molecular weight excluding hydrogens is 664 g/mol. The molecule has 0 aliphatic rings. The molecule has 0 saturated carbocycles. The minimum Gasteiger partial charge on any atom is -0.472 e. The second-order valence-electron chi connectivity index (χ2n) is 7.44. The highest BCUT2D eigenvalue weighted by atomic mass is 16.5. The van der Waals surface area contributed by atoms with E-state index in [4.69, 9.17) is 19.7 Å². The molecule has 0 aliphatic carbocycles. The van der Waals surface area contributed by atoms with Crippen molar-refractivity contribution in [2.75, 3.05) is 27.4 Å². The van der Waals surface area contributed by atoms with Crippen molar-refractivity contribution in [3.63, 3.8) is 0 Å². The van der Waals surface area contributed by atoms with Crippen LogP contribution in [0.3, 0.4) is 0 Å². The second-order valence-corrected chi connectivity index (χ2v) is 7.44. The number of carbonyl (C=O) groups excluding carboxylic acids is 6. The Hall–Kier alpha value is -7.56. The third kappa shape index (κ3) is 29.2. The van der Waals surface area contributed by atoms with Gasteiger partial charge < -0.3 is 38.6 Å². The number of hydrogen-bond donors (Lipinski definition) is 2. The van der Waals surface area contributed by atoms with Crippen molar-refractivity contribution in [3.05, 3.63) is 60.7 Å². The molecule has 0 bridgehead atoms. The lowest BCUT2D eigenvalue weighted by Gasteiger charge is -1.98. The van der Waals surface area contributed by atoms with Crippen molar-refractivity contribution in [3.8, 4) is 58.9 Å². The van der Waals surface area contributed by atoms with E-state index in [0.29, 0.717) is 11.5 Å². The van der Waals surface area contributed by atoms with Crippen molar-refractivity contribution in [2.45, 2.75) is 13.8 Å². The first kappa shape index (κ1) is 44.6. The smallest absolute Gasteiger partial charge is 0.390 e. The summed E-state index contributed by atoms with van der Waals surface area (Å²) < 4.78 is 26.9. The molecule has 260 valence electrons. The van der Waals surface area contributed by atoms with Gasteiger partial charge in [0.25, 0.3) is 0 Å². The van der Waals surface area contributed by atoms with Gasteiger partial charge in [-0.1, -0.05) is 36.4 Å². The minimum absolute atomic E-state index is 0.246. The number of aliphatic carboxylic acids is 2. The van der Waals surface area contributed by atoms with Crippen molar-refractivity contribution in [2.24, 2.45) is 0 Å². The van der Waals surface area contributed by atoms with Crippen LogP contribution in [0.5, 0.6) is 11.5 Å². The summed E-state index contributed by atoms with van der Waals surface area (Å²) in [6.45, 7) is 3.81. The molecule has 0 heterocycles. The lowest BCUT2D eigenvalue weighted by molar-refractivity contribution is -0.138. The summed E-state index contributed by atoms with van der Waals surface area (Å²) in [5.41, 5.74) is 0. The maximum atomic E-state index is 11.4. The van der Waals surface area contributed by atoms with Crippen LogP contribution in [0.1, 0.15) is 13.8 Å². The summed E-state index contributed by atoms with van der Waals surface area (Å²) in [5, 5.41) is 15.5. The number of benzene rings is 2. The Balaban J connectivity index is 0. The molecule has 0 spiro atoms. The first-order chi connectivity index (χ1) is 23.8. The van der Waals surface area contributed by atoms with Gasteiger partial charge in [0.2, 0.25) is 0 Å². The minimum atomic E-state index is -1.44. The summed E-state index contributed by atoms with van der Waals surface area (Å²) in [6.07, 6.45) is 0. The Morgan fingerprint density at radius 3 is 1.00 bits per heavy atom. The van der Waals surface area contributed by atoms with Gasteiger partial charge in [-0.2, -0.15) is 0 Å². The standard InChI is InChI=1S/C16H10O4.C8H10O4.C6H6O4.C4H2O4/c17-15(19-13-7-3-1-4-8-13)11-12-16(18)20-14-9-5-2-6-10-14;1-3-11-7(9)5-6-8(10)12-4-2;1-9-5(7)3-4-6(8)10-2;5-3(6)1-2-4(7)8/h1-10H;3-4H2,1-2H3;1-2H3;(H,5,6)(H,7,8). The lowest BCUT2D eigenvalue weighted by Crippen LogP contribution is -2.08. The maximum Gasteiger partial charge on any atom is 0.390 e. The molecule has 2 N–H and O–H groups in total. The number of hydrogen-bond acceptors (Lipinski definition) is 14. The van der Waals surface area contributed by atoms with E-state index >= 15 is 0 Å². The predicted octanol–water partition coefficient (Wildman–Crippen LogP) is 0.812. The van der Waals surface area contributed by atoms with Gasteiger partial charge in [0.15, 0.2) is 0 Å². The molecule has 2 aromatic rings. The molecule has 0 fully saturated rings. The molecule has 2 aromatic carbocycles. The highest BCUT2D eigenvalue weighted by molar-refractivity contribution is 6.00. The van der Waals surface area contributed by atoms with Gasteiger partial charge in [-0.3, -0.25) is 0 Å². The van der Waals surface area contributed by atoms with Crippen LogP contribution in [0.2, 0.25) is 0 Å². The number of carboxylic acids is 2. The summed E-state index contributed by atoms with van der Waals surface area (Å²) in [7, 11) is 2.35. The highest BCUT2D eigenvalue weighted by Crippen LogP contribution is 2.09. The topological polar surface area (TPSA) is 232 Å². The molecule has 0 aliphatic heterocycles. The summed E-state index contributed by atoms with van der Waals surface area (Å²) in [6, 6.07) is 16.9. The van der Waals surface area contributed by atoms with Gasteiger partial charge in [0.1, 0.15) is 11.5 Å². The maximum absolute atomic E-state index is 11.4. The average Bonchev–Trinajstić information content (AvgIpc) is 3.09. The van der Waals surface area contributed by atoms with Crippen molar-refractivity contribution in [1.82, 2.24) is 0 Å². The molecule has 0 aromatic heterocycles. The van der Waals surface area contributed by atoms with E-state index in [1.165, 1.54) is 26.1 Å². The lowest BCUT2D eigenvalue weighted by atomic mass is 10.3. The Bertz CT molecular complexity index is 1600. The van der Waals surface area contributed by atoms with Crippen LogP contribution in [0.4, 0.5) is 0 Å². The fourth-order valence-electron chi connectivity index (χ4n) is 2.09. The molecule has 0 amide bonds. The van der Waals surface area contributed by atoms with Crippen LogP contribution < -0.4 is 9.47 Å². The molecule has 2 rings (SSSR count). The number of para-hydroxylation sites is 2. The molecule has 0 radical (unpaired) electrons.